The van der Waals surface area contributed by atoms with Gasteiger partial charge in [-0.3, -0.25) is 14.6 Å². The molecule has 2 atom stereocenters. The molecule has 0 bridgehead atoms. The first-order valence-electron chi connectivity index (χ1n) is 9.40. The van der Waals surface area contributed by atoms with Crippen LogP contribution in [0.15, 0.2) is 18.3 Å². The molecule has 3 aliphatic heterocycles. The maximum atomic E-state index is 12.7. The Labute approximate surface area is 158 Å². The fraction of sp³-hybridized carbons (Fsp3) is 0.611. The number of carbonyl (C=O) groups excluding carboxylic acids is 2. The van der Waals surface area contributed by atoms with Gasteiger partial charge in [0.15, 0.2) is 0 Å². The van der Waals surface area contributed by atoms with Gasteiger partial charge in [-0.15, -0.1) is 0 Å². The third-order valence-corrected chi connectivity index (χ3v) is 5.42. The molecule has 2 N–H and O–H groups in total. The number of hydrogen-bond acceptors (Lipinski definition) is 7. The smallest absolute Gasteiger partial charge is 0.410 e. The Bertz CT molecular complexity index is 709. The third-order valence-electron chi connectivity index (χ3n) is 5.42. The number of nitrogens with two attached hydrogens (primary N) is 1. The van der Waals surface area contributed by atoms with Crippen molar-refractivity contribution < 1.29 is 19.1 Å². The van der Waals surface area contributed by atoms with E-state index in [1.807, 2.05) is 0 Å². The van der Waals surface area contributed by atoms with Gasteiger partial charge in [0.05, 0.1) is 25.8 Å². The summed E-state index contributed by atoms with van der Waals surface area (Å²) in [6, 6.07) is 3.15. The van der Waals surface area contributed by atoms with Crippen LogP contribution in [0, 0.1) is 0 Å². The maximum Gasteiger partial charge on any atom is 0.410 e. The molecule has 3 fully saturated rings. The number of likely N-dealkylation sites (tertiary alicyclic amines) is 1. The van der Waals surface area contributed by atoms with Crippen molar-refractivity contribution in [2.24, 2.45) is 0 Å². The summed E-state index contributed by atoms with van der Waals surface area (Å²) in [5.41, 5.74) is 6.18. The van der Waals surface area contributed by atoms with Gasteiger partial charge < -0.3 is 20.1 Å². The van der Waals surface area contributed by atoms with E-state index in [4.69, 9.17) is 15.2 Å². The highest BCUT2D eigenvalue weighted by molar-refractivity contribution is 5.95. The molecule has 3 saturated heterocycles. The Morgan fingerprint density at radius 1 is 1.26 bits per heavy atom. The van der Waals surface area contributed by atoms with Crippen molar-refractivity contribution in [1.82, 2.24) is 19.7 Å². The molecule has 0 radical (unpaired) electrons. The number of carbonyl (C=O) groups is 2. The molecule has 0 aliphatic carbocycles. The molecule has 1 aromatic rings. The molecule has 0 aromatic carbocycles. The van der Waals surface area contributed by atoms with Crippen LogP contribution in [-0.4, -0.2) is 96.3 Å². The van der Waals surface area contributed by atoms with Crippen LogP contribution in [0.3, 0.4) is 0 Å². The van der Waals surface area contributed by atoms with Crippen LogP contribution in [0.25, 0.3) is 0 Å². The standard InChI is InChI=1S/C18H25N5O4/c19-16-10-13(2-3-20-16)17(24)22-11-14-15(12-22)27-18(25)23(14)5-1-4-21-6-8-26-9-7-21/h2-3,10,14-15H,1,4-9,11-12H2,(H2,19,20)/t14-,15+/m0/s1. The number of morpholine rings is 1. The highest BCUT2D eigenvalue weighted by Gasteiger charge is 2.48. The second-order valence-electron chi connectivity index (χ2n) is 7.17. The van der Waals surface area contributed by atoms with Crippen molar-refractivity contribution in [3.8, 4) is 0 Å². The van der Waals surface area contributed by atoms with Crippen LogP contribution in [0.5, 0.6) is 0 Å². The van der Waals surface area contributed by atoms with Gasteiger partial charge in [0.1, 0.15) is 11.9 Å². The zero-order chi connectivity index (χ0) is 18.8. The van der Waals surface area contributed by atoms with Gasteiger partial charge in [0, 0.05) is 44.5 Å². The second kappa shape index (κ2) is 7.69. The summed E-state index contributed by atoms with van der Waals surface area (Å²) in [5.74, 6) is 0.208. The van der Waals surface area contributed by atoms with E-state index >= 15 is 0 Å². The first kappa shape index (κ1) is 18.0. The van der Waals surface area contributed by atoms with Crippen LogP contribution >= 0.6 is 0 Å². The number of fused-ring (bicyclic) bond motifs is 1. The van der Waals surface area contributed by atoms with Crippen molar-refractivity contribution >= 4 is 17.8 Å². The van der Waals surface area contributed by atoms with Crippen molar-refractivity contribution in [3.05, 3.63) is 23.9 Å². The molecular formula is C18H25N5O4. The molecule has 0 spiro atoms. The van der Waals surface area contributed by atoms with E-state index in [1.54, 1.807) is 21.9 Å². The minimum Gasteiger partial charge on any atom is -0.442 e. The van der Waals surface area contributed by atoms with Crippen LogP contribution in [0.2, 0.25) is 0 Å². The Kier molecular flexibility index (Phi) is 5.13. The normalized spacial score (nSPS) is 25.6. The van der Waals surface area contributed by atoms with E-state index in [-0.39, 0.29) is 24.1 Å². The van der Waals surface area contributed by atoms with E-state index in [0.717, 1.165) is 39.3 Å². The lowest BCUT2D eigenvalue weighted by atomic mass is 10.2. The van der Waals surface area contributed by atoms with E-state index in [1.165, 1.54) is 6.20 Å². The first-order valence-corrected chi connectivity index (χ1v) is 9.40. The molecule has 0 saturated carbocycles. The summed E-state index contributed by atoms with van der Waals surface area (Å²) in [5, 5.41) is 0. The van der Waals surface area contributed by atoms with Crippen LogP contribution in [0.4, 0.5) is 10.6 Å². The summed E-state index contributed by atoms with van der Waals surface area (Å²) >= 11 is 0. The average molecular weight is 375 g/mol. The van der Waals surface area contributed by atoms with Crippen molar-refractivity contribution in [2.75, 3.05) is 58.2 Å². The topological polar surface area (TPSA) is 101 Å². The highest BCUT2D eigenvalue weighted by Crippen LogP contribution is 2.28. The van der Waals surface area contributed by atoms with Gasteiger partial charge in [-0.25, -0.2) is 9.78 Å². The first-order chi connectivity index (χ1) is 13.1. The van der Waals surface area contributed by atoms with E-state index in [0.29, 0.717) is 31.0 Å². The molecule has 27 heavy (non-hydrogen) atoms. The number of nitrogen functional groups attached to an aromatic ring is 1. The fourth-order valence-electron chi connectivity index (χ4n) is 3.98. The van der Waals surface area contributed by atoms with Crippen LogP contribution in [0.1, 0.15) is 16.8 Å². The van der Waals surface area contributed by atoms with Gasteiger partial charge >= 0.3 is 6.09 Å². The summed E-state index contributed by atoms with van der Waals surface area (Å²) in [6.07, 6.45) is 1.88. The Morgan fingerprint density at radius 3 is 2.85 bits per heavy atom. The van der Waals surface area contributed by atoms with Gasteiger partial charge in [-0.2, -0.15) is 0 Å². The zero-order valence-corrected chi connectivity index (χ0v) is 15.2. The number of rotatable bonds is 5. The monoisotopic (exact) mass is 375 g/mol. The quantitative estimate of drug-likeness (QED) is 0.775. The van der Waals surface area contributed by atoms with E-state index in [9.17, 15) is 9.59 Å². The van der Waals surface area contributed by atoms with Gasteiger partial charge in [-0.05, 0) is 18.6 Å². The molecular weight excluding hydrogens is 350 g/mol. The third kappa shape index (κ3) is 3.84. The van der Waals surface area contributed by atoms with Crippen LogP contribution in [-0.2, 0) is 9.47 Å². The van der Waals surface area contributed by atoms with Crippen molar-refractivity contribution in [2.45, 2.75) is 18.6 Å². The lowest BCUT2D eigenvalue weighted by molar-refractivity contribution is 0.0362. The van der Waals surface area contributed by atoms with E-state index < -0.39 is 0 Å². The number of hydrogen-bond donors (Lipinski definition) is 1. The number of nitrogens with zero attached hydrogens (tertiary/aromatic N) is 4. The SMILES string of the molecule is Nc1cc(C(=O)N2C[C@H]3OC(=O)N(CCCN4CCOCC4)[C@H]3C2)ccn1. The van der Waals surface area contributed by atoms with Crippen molar-refractivity contribution in [1.29, 1.82) is 0 Å². The molecule has 0 unspecified atom stereocenters. The molecule has 4 rings (SSSR count). The lowest BCUT2D eigenvalue weighted by Crippen LogP contribution is -2.42. The largest absolute Gasteiger partial charge is 0.442 e. The van der Waals surface area contributed by atoms with Gasteiger partial charge in [-0.1, -0.05) is 0 Å². The number of aromatic nitrogens is 1. The van der Waals surface area contributed by atoms with Crippen molar-refractivity contribution in [3.63, 3.8) is 0 Å². The predicted molar refractivity (Wildman–Crippen MR) is 97.2 cm³/mol. The molecule has 9 heteroatoms. The summed E-state index contributed by atoms with van der Waals surface area (Å²) < 4.78 is 10.9. The number of ether oxygens (including phenoxy) is 2. The Hall–Kier alpha value is -2.39. The minimum absolute atomic E-state index is 0.0784. The lowest BCUT2D eigenvalue weighted by Gasteiger charge is -2.28. The summed E-state index contributed by atoms with van der Waals surface area (Å²) in [7, 11) is 0. The molecule has 9 nitrogen and oxygen atoms in total. The van der Waals surface area contributed by atoms with Crippen LogP contribution < -0.4 is 5.73 Å². The minimum atomic E-state index is -0.271. The second-order valence-corrected chi connectivity index (χ2v) is 7.17. The maximum absolute atomic E-state index is 12.7. The Balaban J connectivity index is 1.33. The molecule has 4 heterocycles. The van der Waals surface area contributed by atoms with Gasteiger partial charge in [0.25, 0.3) is 5.91 Å². The zero-order valence-electron chi connectivity index (χ0n) is 15.2. The number of amides is 2. The van der Waals surface area contributed by atoms with Gasteiger partial charge in [0.2, 0.25) is 0 Å². The Morgan fingerprint density at radius 2 is 2.07 bits per heavy atom. The number of pyridine rings is 1. The molecule has 146 valence electrons. The molecule has 3 aliphatic rings. The summed E-state index contributed by atoms with van der Waals surface area (Å²) in [4.78, 5) is 34.7. The molecule has 2 amide bonds. The van der Waals surface area contributed by atoms with E-state index in [2.05, 4.69) is 9.88 Å². The average Bonchev–Trinajstić information content (AvgIpc) is 3.20. The highest BCUT2D eigenvalue weighted by atomic mass is 16.6. The predicted octanol–water partition coefficient (Wildman–Crippen LogP) is 0.0313. The fourth-order valence-corrected chi connectivity index (χ4v) is 3.98. The number of anilines is 1. The summed E-state index contributed by atoms with van der Waals surface area (Å²) in [6.45, 7) is 5.89. The molecule has 1 aromatic heterocycles.